The number of carboxylic acid groups (broad SMARTS) is 1. The molecule has 5 heteroatoms. The molecule has 0 unspecified atom stereocenters. The number of hydrogen-bond acceptors (Lipinski definition) is 2. The molecule has 0 radical (unpaired) electrons. The molecule has 1 aromatic rings. The number of carboxylic acids is 1. The van der Waals surface area contributed by atoms with Gasteiger partial charge in [0.1, 0.15) is 0 Å². The van der Waals surface area contributed by atoms with Crippen LogP contribution in [0.15, 0.2) is 18.2 Å². The predicted octanol–water partition coefficient (Wildman–Crippen LogP) is 1.94. The highest BCUT2D eigenvalue weighted by molar-refractivity contribution is 5.77. The van der Waals surface area contributed by atoms with Gasteiger partial charge in [-0.25, -0.2) is 4.79 Å². The van der Waals surface area contributed by atoms with Crippen molar-refractivity contribution in [1.82, 2.24) is 0 Å². The number of aliphatic carboxylic acids is 1. The first-order valence-corrected chi connectivity index (χ1v) is 4.83. The van der Waals surface area contributed by atoms with Crippen LogP contribution in [0, 0.1) is 0 Å². The van der Waals surface area contributed by atoms with Crippen LogP contribution in [0.5, 0.6) is 0 Å². The van der Waals surface area contributed by atoms with E-state index in [4.69, 9.17) is 9.84 Å². The number of fused-ring (bicyclic) bond motifs is 1. The molecule has 16 heavy (non-hydrogen) atoms. The van der Waals surface area contributed by atoms with E-state index < -0.39 is 17.5 Å². The van der Waals surface area contributed by atoms with E-state index in [0.717, 1.165) is 17.2 Å². The van der Waals surface area contributed by atoms with Crippen molar-refractivity contribution in [1.29, 1.82) is 0 Å². The van der Waals surface area contributed by atoms with Crippen molar-refractivity contribution in [2.75, 3.05) is 6.61 Å². The molecule has 1 heterocycles. The molecule has 0 aliphatic carbocycles. The molecule has 1 aliphatic rings. The summed E-state index contributed by atoms with van der Waals surface area (Å²) in [6.45, 7) is 0.878. The number of halogens is 2. The first kappa shape index (κ1) is 11.0. The van der Waals surface area contributed by atoms with Crippen molar-refractivity contribution >= 4 is 5.97 Å². The lowest BCUT2D eigenvalue weighted by molar-refractivity contribution is -0.166. The largest absolute Gasteiger partial charge is 0.477 e. The Bertz CT molecular complexity index is 429. The maximum Gasteiger partial charge on any atom is 0.379 e. The Morgan fingerprint density at radius 2 is 2.12 bits per heavy atom. The van der Waals surface area contributed by atoms with Crippen LogP contribution in [0.1, 0.15) is 16.7 Å². The third-order valence-corrected chi connectivity index (χ3v) is 2.61. The molecule has 1 aliphatic heterocycles. The van der Waals surface area contributed by atoms with Crippen LogP contribution in [-0.4, -0.2) is 17.7 Å². The van der Waals surface area contributed by atoms with Gasteiger partial charge in [-0.1, -0.05) is 12.1 Å². The number of benzene rings is 1. The van der Waals surface area contributed by atoms with E-state index in [2.05, 4.69) is 0 Å². The number of alkyl halides is 2. The van der Waals surface area contributed by atoms with Crippen molar-refractivity contribution in [3.05, 3.63) is 34.9 Å². The van der Waals surface area contributed by atoms with Crippen LogP contribution < -0.4 is 0 Å². The highest BCUT2D eigenvalue weighted by Crippen LogP contribution is 2.30. The van der Waals surface area contributed by atoms with Gasteiger partial charge >= 0.3 is 11.9 Å². The van der Waals surface area contributed by atoms with E-state index in [-0.39, 0.29) is 0 Å². The average molecular weight is 228 g/mol. The first-order chi connectivity index (χ1) is 7.51. The van der Waals surface area contributed by atoms with Crippen LogP contribution in [0.25, 0.3) is 0 Å². The van der Waals surface area contributed by atoms with Crippen molar-refractivity contribution in [3.63, 3.8) is 0 Å². The van der Waals surface area contributed by atoms with E-state index in [0.29, 0.717) is 19.6 Å². The predicted molar refractivity (Wildman–Crippen MR) is 51.3 cm³/mol. The Morgan fingerprint density at radius 1 is 1.38 bits per heavy atom. The average Bonchev–Trinajstić information content (AvgIpc) is 2.28. The van der Waals surface area contributed by atoms with E-state index in [9.17, 15) is 13.6 Å². The highest BCUT2D eigenvalue weighted by atomic mass is 19.3. The van der Waals surface area contributed by atoms with Crippen molar-refractivity contribution in [2.45, 2.75) is 19.0 Å². The smallest absolute Gasteiger partial charge is 0.379 e. The molecule has 0 amide bonds. The number of ether oxygens (including phenoxy) is 1. The SMILES string of the molecule is O=C(O)C(F)(F)c1ccc2c(c1)CCOC2. The molecule has 1 aromatic carbocycles. The second-order valence-electron chi connectivity index (χ2n) is 3.67. The topological polar surface area (TPSA) is 46.5 Å². The summed E-state index contributed by atoms with van der Waals surface area (Å²) in [5.41, 5.74) is 1.11. The van der Waals surface area contributed by atoms with Gasteiger partial charge in [0.15, 0.2) is 0 Å². The summed E-state index contributed by atoms with van der Waals surface area (Å²) in [6.07, 6.45) is 0.541. The van der Waals surface area contributed by atoms with E-state index in [1.165, 1.54) is 12.1 Å². The number of carbonyl (C=O) groups is 1. The minimum Gasteiger partial charge on any atom is -0.477 e. The summed E-state index contributed by atoms with van der Waals surface area (Å²) in [4.78, 5) is 10.4. The van der Waals surface area contributed by atoms with Crippen LogP contribution in [0.2, 0.25) is 0 Å². The van der Waals surface area contributed by atoms with Crippen LogP contribution >= 0.6 is 0 Å². The Labute approximate surface area is 90.7 Å². The van der Waals surface area contributed by atoms with Gasteiger partial charge in [-0.05, 0) is 23.6 Å². The second-order valence-corrected chi connectivity index (χ2v) is 3.67. The van der Waals surface area contributed by atoms with Crippen LogP contribution in [0.3, 0.4) is 0 Å². The molecule has 0 saturated heterocycles. The second kappa shape index (κ2) is 3.83. The van der Waals surface area contributed by atoms with Gasteiger partial charge < -0.3 is 9.84 Å². The van der Waals surface area contributed by atoms with Gasteiger partial charge in [0, 0.05) is 5.56 Å². The van der Waals surface area contributed by atoms with Gasteiger partial charge in [0.25, 0.3) is 0 Å². The van der Waals surface area contributed by atoms with Gasteiger partial charge in [-0.2, -0.15) is 8.78 Å². The zero-order valence-corrected chi connectivity index (χ0v) is 8.37. The van der Waals surface area contributed by atoms with E-state index in [1.807, 2.05) is 0 Å². The third-order valence-electron chi connectivity index (χ3n) is 2.61. The molecule has 0 saturated carbocycles. The lowest BCUT2D eigenvalue weighted by Crippen LogP contribution is -2.26. The molecular weight excluding hydrogens is 218 g/mol. The minimum atomic E-state index is -3.83. The summed E-state index contributed by atoms with van der Waals surface area (Å²) in [5, 5.41) is 8.42. The van der Waals surface area contributed by atoms with Crippen molar-refractivity contribution < 1.29 is 23.4 Å². The van der Waals surface area contributed by atoms with Gasteiger partial charge in [-0.15, -0.1) is 0 Å². The van der Waals surface area contributed by atoms with Crippen molar-refractivity contribution in [2.24, 2.45) is 0 Å². The molecule has 86 valence electrons. The summed E-state index contributed by atoms with van der Waals surface area (Å²) >= 11 is 0. The fourth-order valence-corrected chi connectivity index (χ4v) is 1.68. The summed E-state index contributed by atoms with van der Waals surface area (Å²) in [6, 6.07) is 3.90. The number of rotatable bonds is 2. The lowest BCUT2D eigenvalue weighted by atomic mass is 9.97. The molecule has 0 aromatic heterocycles. The van der Waals surface area contributed by atoms with Gasteiger partial charge in [-0.3, -0.25) is 0 Å². The summed E-state index contributed by atoms with van der Waals surface area (Å²) in [7, 11) is 0. The molecule has 0 fully saturated rings. The normalized spacial score (nSPS) is 15.6. The quantitative estimate of drug-likeness (QED) is 0.841. The molecule has 0 atom stereocenters. The van der Waals surface area contributed by atoms with Crippen LogP contribution in [-0.2, 0) is 28.5 Å². The molecule has 1 N–H and O–H groups in total. The highest BCUT2D eigenvalue weighted by Gasteiger charge is 2.41. The lowest BCUT2D eigenvalue weighted by Gasteiger charge is -2.19. The number of hydrogen-bond donors (Lipinski definition) is 1. The summed E-state index contributed by atoms with van der Waals surface area (Å²) in [5.74, 6) is -5.95. The maximum absolute atomic E-state index is 13.2. The Balaban J connectivity index is 2.40. The Morgan fingerprint density at radius 3 is 2.81 bits per heavy atom. The minimum absolute atomic E-state index is 0.397. The fraction of sp³-hybridized carbons (Fsp3) is 0.364. The van der Waals surface area contributed by atoms with Gasteiger partial charge in [0.05, 0.1) is 13.2 Å². The fourth-order valence-electron chi connectivity index (χ4n) is 1.68. The zero-order chi connectivity index (χ0) is 11.8. The monoisotopic (exact) mass is 228 g/mol. The Kier molecular flexibility index (Phi) is 2.63. The molecule has 0 spiro atoms. The standard InChI is InChI=1S/C11H10F2O3/c12-11(13,10(14)15)9-2-1-8-6-16-4-3-7(8)5-9/h1-2,5H,3-4,6H2,(H,14,15). The van der Waals surface area contributed by atoms with Crippen LogP contribution in [0.4, 0.5) is 8.78 Å². The van der Waals surface area contributed by atoms with Crippen molar-refractivity contribution in [3.8, 4) is 0 Å². The summed E-state index contributed by atoms with van der Waals surface area (Å²) < 4.78 is 31.6. The zero-order valence-electron chi connectivity index (χ0n) is 8.37. The van der Waals surface area contributed by atoms with Gasteiger partial charge in [0.2, 0.25) is 0 Å². The molecule has 0 bridgehead atoms. The van der Waals surface area contributed by atoms with E-state index in [1.54, 1.807) is 0 Å². The third kappa shape index (κ3) is 1.78. The molecular formula is C11H10F2O3. The Hall–Kier alpha value is -1.49. The maximum atomic E-state index is 13.2. The van der Waals surface area contributed by atoms with E-state index >= 15 is 0 Å². The molecule has 3 nitrogen and oxygen atoms in total. The first-order valence-electron chi connectivity index (χ1n) is 4.83. The molecule has 2 rings (SSSR count).